The smallest absolute Gasteiger partial charge is 0.258 e. The van der Waals surface area contributed by atoms with Crippen LogP contribution in [0.5, 0.6) is 5.75 Å². The molecule has 5 aromatic rings. The van der Waals surface area contributed by atoms with Crippen LogP contribution in [-0.2, 0) is 30.4 Å². The molecule has 3 heterocycles. The second-order valence-corrected chi connectivity index (χ2v) is 13.3. The van der Waals surface area contributed by atoms with E-state index >= 15 is 0 Å². The van der Waals surface area contributed by atoms with Gasteiger partial charge >= 0.3 is 0 Å². The van der Waals surface area contributed by atoms with E-state index in [-0.39, 0.29) is 32.7 Å². The van der Waals surface area contributed by atoms with Crippen molar-refractivity contribution in [3.8, 4) is 16.9 Å². The average Bonchev–Trinajstić information content (AvgIpc) is 3.67. The molecule has 11 nitrogen and oxygen atoms in total. The van der Waals surface area contributed by atoms with E-state index < -0.39 is 35.6 Å². The van der Waals surface area contributed by atoms with Crippen LogP contribution in [0.1, 0.15) is 21.6 Å². The highest BCUT2D eigenvalue weighted by atomic mass is 32.1. The van der Waals surface area contributed by atoms with Gasteiger partial charge in [-0.2, -0.15) is 0 Å². The number of nitrogens with one attached hydrogen (secondary N) is 4. The number of hydrogen-bond acceptors (Lipinski definition) is 7. The van der Waals surface area contributed by atoms with Crippen molar-refractivity contribution in [1.29, 1.82) is 0 Å². The number of ether oxygens (including phenoxy) is 1. The Hall–Kier alpha value is -6.27. The maximum atomic E-state index is 11.9. The van der Waals surface area contributed by atoms with E-state index in [1.807, 2.05) is 24.3 Å². The molecule has 7 rings (SSSR count). The first-order valence-corrected chi connectivity index (χ1v) is 18.1. The molecule has 0 saturated heterocycles. The number of thiophene rings is 1. The Balaban J connectivity index is 0.000000242. The maximum Gasteiger partial charge on any atom is 0.258 e. The number of carbonyl (C=O) groups excluding carboxylic acids is 5. The monoisotopic (exact) mass is 749 g/mol. The van der Waals surface area contributed by atoms with Crippen molar-refractivity contribution in [2.75, 3.05) is 26.2 Å². The van der Waals surface area contributed by atoms with E-state index in [1.165, 1.54) is 27.1 Å². The van der Waals surface area contributed by atoms with Gasteiger partial charge in [-0.1, -0.05) is 114 Å². The Kier molecular flexibility index (Phi) is 18.2. The summed E-state index contributed by atoms with van der Waals surface area (Å²) >= 11 is 1.78. The lowest BCUT2D eigenvalue weighted by Gasteiger charge is -2.16. The number of aryl methyl sites for hydroxylation is 3. The van der Waals surface area contributed by atoms with Crippen molar-refractivity contribution in [2.45, 2.75) is 33.2 Å². The number of rotatable bonds is 2. The SMILES string of the molecule is Cc1ccc(-c2ccccc2)cc1.Cc1ccccc1.Cc1cccs1.NC(=O)[C@@H]1Cc2ccc(cc2)OCC(=O)NCC(=O)NCC(=O)NCC(=O)N1. The zero-order chi connectivity index (χ0) is 39.1. The third-order valence-corrected chi connectivity index (χ3v) is 8.31. The van der Waals surface area contributed by atoms with Crippen LogP contribution in [0, 0.1) is 20.8 Å². The Bertz CT molecular complexity index is 1890. The summed E-state index contributed by atoms with van der Waals surface area (Å²) in [4.78, 5) is 59.9. The number of nitrogens with two attached hydrogens (primary N) is 1. The van der Waals surface area contributed by atoms with Crippen molar-refractivity contribution in [3.63, 3.8) is 0 Å². The van der Waals surface area contributed by atoms with Crippen molar-refractivity contribution in [3.05, 3.63) is 148 Å². The lowest BCUT2D eigenvalue weighted by molar-refractivity contribution is -0.129. The van der Waals surface area contributed by atoms with Crippen LogP contribution in [0.15, 0.2) is 127 Å². The molecule has 2 aliphatic rings. The fourth-order valence-corrected chi connectivity index (χ4v) is 5.09. The summed E-state index contributed by atoms with van der Waals surface area (Å²) in [5.74, 6) is -2.62. The number of benzene rings is 4. The van der Waals surface area contributed by atoms with Gasteiger partial charge in [0.05, 0.1) is 19.6 Å². The predicted octanol–water partition coefficient (Wildman–Crippen LogP) is 4.65. The molecule has 0 unspecified atom stereocenters. The number of carbonyl (C=O) groups is 5. The second kappa shape index (κ2) is 23.3. The van der Waals surface area contributed by atoms with E-state index in [2.05, 4.69) is 120 Å². The standard InChI is InChI=1S/C17H21N5O6.C13H12.C7H8.C5H6S/c18-17(27)12-5-10-1-3-11(4-2-10)28-9-16(26)21-7-14(24)19-6-13(23)20-8-15(25)22-12;1-11-7-9-13(10-8-11)12-5-3-2-4-6-12;1-7-5-3-2-4-6-7;1-5-3-2-4-6-5/h1-4,12H,5-9H2,(H2,18,27)(H,19,24)(H,20,23)(H,21,26)(H,22,25);2-10H,1H3;2-6H,1H3;2-4H,1H3/t12-;;;/m0.../s1. The fraction of sp³-hybridized carbons (Fsp3) is 0.214. The van der Waals surface area contributed by atoms with Gasteiger partial charge in [0, 0.05) is 11.3 Å². The van der Waals surface area contributed by atoms with Gasteiger partial charge in [0.1, 0.15) is 11.8 Å². The maximum absolute atomic E-state index is 11.9. The molecule has 1 aromatic heterocycles. The molecule has 0 saturated carbocycles. The molecule has 2 aliphatic heterocycles. The van der Waals surface area contributed by atoms with Crippen molar-refractivity contribution in [1.82, 2.24) is 21.3 Å². The molecule has 4 aromatic carbocycles. The molecular weight excluding hydrogens is 703 g/mol. The Morgan fingerprint density at radius 1 is 0.611 bits per heavy atom. The van der Waals surface area contributed by atoms with Crippen molar-refractivity contribution >= 4 is 40.9 Å². The largest absolute Gasteiger partial charge is 0.484 e. The minimum atomic E-state index is -0.969. The van der Waals surface area contributed by atoms with Gasteiger partial charge in [0.2, 0.25) is 23.6 Å². The normalized spacial score (nSPS) is 14.7. The van der Waals surface area contributed by atoms with Gasteiger partial charge in [-0.05, 0) is 61.0 Å². The molecule has 1 atom stereocenters. The molecule has 5 amide bonds. The van der Waals surface area contributed by atoms with Crippen LogP contribution in [-0.4, -0.2) is 61.8 Å². The molecule has 6 N–H and O–H groups in total. The number of fused-ring (bicyclic) bond motifs is 16. The Morgan fingerprint density at radius 3 is 1.61 bits per heavy atom. The van der Waals surface area contributed by atoms with E-state index in [4.69, 9.17) is 10.5 Å². The first kappa shape index (κ1) is 42.1. The first-order chi connectivity index (χ1) is 26.0. The predicted molar refractivity (Wildman–Crippen MR) is 213 cm³/mol. The van der Waals surface area contributed by atoms with Crippen LogP contribution < -0.4 is 31.7 Å². The minimum absolute atomic E-state index is 0.145. The zero-order valence-electron chi connectivity index (χ0n) is 30.7. The van der Waals surface area contributed by atoms with E-state index in [9.17, 15) is 24.0 Å². The van der Waals surface area contributed by atoms with E-state index in [0.29, 0.717) is 11.3 Å². The zero-order valence-corrected chi connectivity index (χ0v) is 31.5. The van der Waals surface area contributed by atoms with Crippen LogP contribution in [0.25, 0.3) is 11.1 Å². The summed E-state index contributed by atoms with van der Waals surface area (Å²) in [7, 11) is 0. The summed E-state index contributed by atoms with van der Waals surface area (Å²) in [6, 6.07) is 39.0. The van der Waals surface area contributed by atoms with Gasteiger partial charge in [-0.25, -0.2) is 0 Å². The van der Waals surface area contributed by atoms with E-state index in [1.54, 1.807) is 35.6 Å². The molecular formula is C42H47N5O6S. The van der Waals surface area contributed by atoms with E-state index in [0.717, 1.165) is 0 Å². The van der Waals surface area contributed by atoms with Crippen LogP contribution in [0.3, 0.4) is 0 Å². The second-order valence-electron chi connectivity index (χ2n) is 12.1. The fourth-order valence-electron chi connectivity index (χ4n) is 4.56. The summed E-state index contributed by atoms with van der Waals surface area (Å²) < 4.78 is 5.31. The van der Waals surface area contributed by atoms with Gasteiger partial charge < -0.3 is 31.7 Å². The topological polar surface area (TPSA) is 169 Å². The highest BCUT2D eigenvalue weighted by Crippen LogP contribution is 2.18. The molecule has 54 heavy (non-hydrogen) atoms. The molecule has 0 fully saturated rings. The van der Waals surface area contributed by atoms with Crippen LogP contribution >= 0.6 is 11.3 Å². The molecule has 12 heteroatoms. The lowest BCUT2D eigenvalue weighted by atomic mass is 10.0. The third-order valence-electron chi connectivity index (χ3n) is 7.51. The average molecular weight is 750 g/mol. The third kappa shape index (κ3) is 17.3. The highest BCUT2D eigenvalue weighted by molar-refractivity contribution is 7.09. The molecule has 0 spiro atoms. The quantitative estimate of drug-likeness (QED) is 0.165. The Labute approximate surface area is 320 Å². The van der Waals surface area contributed by atoms with Crippen molar-refractivity contribution in [2.24, 2.45) is 5.73 Å². The lowest BCUT2D eigenvalue weighted by Crippen LogP contribution is -2.50. The van der Waals surface area contributed by atoms with Gasteiger partial charge in [-0.3, -0.25) is 24.0 Å². The molecule has 2 bridgehead atoms. The molecule has 282 valence electrons. The van der Waals surface area contributed by atoms with Gasteiger partial charge in [-0.15, -0.1) is 11.3 Å². The number of amides is 5. The summed E-state index contributed by atoms with van der Waals surface area (Å²) in [6.45, 7) is 4.91. The first-order valence-electron chi connectivity index (χ1n) is 17.2. The molecule has 0 radical (unpaired) electrons. The summed E-state index contributed by atoms with van der Waals surface area (Å²) in [5, 5.41) is 11.5. The van der Waals surface area contributed by atoms with Crippen LogP contribution in [0.4, 0.5) is 0 Å². The number of primary amides is 1. The van der Waals surface area contributed by atoms with Crippen LogP contribution in [0.2, 0.25) is 0 Å². The summed E-state index contributed by atoms with van der Waals surface area (Å²) in [5.41, 5.74) is 11.2. The Morgan fingerprint density at radius 2 is 1.13 bits per heavy atom. The highest BCUT2D eigenvalue weighted by Gasteiger charge is 2.19. The minimum Gasteiger partial charge on any atom is -0.484 e. The van der Waals surface area contributed by atoms with Gasteiger partial charge in [0.25, 0.3) is 5.91 Å². The molecule has 0 aliphatic carbocycles. The number of hydrogen-bond donors (Lipinski definition) is 5. The summed E-state index contributed by atoms with van der Waals surface area (Å²) in [6.07, 6.45) is 0.145. The van der Waals surface area contributed by atoms with Crippen molar-refractivity contribution < 1.29 is 28.7 Å². The van der Waals surface area contributed by atoms with Gasteiger partial charge in [0.15, 0.2) is 6.61 Å².